The molecule has 6 nitrogen and oxygen atoms in total. The second-order valence-corrected chi connectivity index (χ2v) is 7.44. The molecule has 0 radical (unpaired) electrons. The van der Waals surface area contributed by atoms with Crippen LogP contribution in [0.2, 0.25) is 0 Å². The number of hydrogen-bond donors (Lipinski definition) is 1. The molecule has 0 atom stereocenters. The van der Waals surface area contributed by atoms with Crippen molar-refractivity contribution in [3.8, 4) is 11.5 Å². The number of nitrogens with one attached hydrogen (secondary N) is 1. The van der Waals surface area contributed by atoms with Crippen LogP contribution in [0.3, 0.4) is 0 Å². The van der Waals surface area contributed by atoms with Crippen molar-refractivity contribution in [2.24, 2.45) is 0 Å². The van der Waals surface area contributed by atoms with Gasteiger partial charge in [0.05, 0.1) is 25.7 Å². The highest BCUT2D eigenvalue weighted by Crippen LogP contribution is 2.32. The van der Waals surface area contributed by atoms with E-state index in [0.717, 1.165) is 11.1 Å². The van der Waals surface area contributed by atoms with Gasteiger partial charge in [-0.3, -0.25) is 0 Å². The fourth-order valence-electron chi connectivity index (χ4n) is 2.58. The first-order valence-electron chi connectivity index (χ1n) is 8.29. The Hall–Kier alpha value is -2.09. The predicted octanol–water partition coefficient (Wildman–Crippen LogP) is 3.03. The Morgan fingerprint density at radius 2 is 1.62 bits per heavy atom. The van der Waals surface area contributed by atoms with Crippen LogP contribution in [0.25, 0.3) is 0 Å². The van der Waals surface area contributed by atoms with Crippen molar-refractivity contribution in [3.63, 3.8) is 0 Å². The number of hydrogen-bond acceptors (Lipinski definition) is 5. The van der Waals surface area contributed by atoms with E-state index < -0.39 is 10.0 Å². The van der Waals surface area contributed by atoms with Crippen LogP contribution in [-0.4, -0.2) is 29.2 Å². The van der Waals surface area contributed by atoms with E-state index in [2.05, 4.69) is 4.72 Å². The molecular weight excluding hydrogens is 354 g/mol. The zero-order chi connectivity index (χ0) is 19.2. The molecule has 0 aliphatic carbocycles. The molecule has 142 valence electrons. The molecular formula is C19H25NO5S. The maximum absolute atomic E-state index is 12.8. The maximum Gasteiger partial charge on any atom is 0.241 e. The average Bonchev–Trinajstić information content (AvgIpc) is 2.64. The molecule has 0 heterocycles. The van der Waals surface area contributed by atoms with E-state index in [1.807, 2.05) is 31.2 Å². The van der Waals surface area contributed by atoms with Crippen LogP contribution < -0.4 is 14.2 Å². The van der Waals surface area contributed by atoms with Crippen LogP contribution in [0, 0.1) is 6.92 Å². The van der Waals surface area contributed by atoms with Gasteiger partial charge in [-0.2, -0.15) is 0 Å². The summed E-state index contributed by atoms with van der Waals surface area (Å²) in [5.74, 6) is 0.862. The van der Waals surface area contributed by atoms with Gasteiger partial charge >= 0.3 is 0 Å². The monoisotopic (exact) mass is 379 g/mol. The van der Waals surface area contributed by atoms with Crippen molar-refractivity contribution >= 4 is 10.0 Å². The van der Waals surface area contributed by atoms with E-state index in [1.165, 1.54) is 20.3 Å². The molecule has 0 saturated carbocycles. The van der Waals surface area contributed by atoms with Gasteiger partial charge in [0.2, 0.25) is 10.0 Å². The molecule has 0 bridgehead atoms. The third kappa shape index (κ3) is 4.75. The molecule has 0 saturated heterocycles. The lowest BCUT2D eigenvalue weighted by atomic mass is 10.1. The van der Waals surface area contributed by atoms with Gasteiger partial charge in [0, 0.05) is 19.2 Å². The summed E-state index contributed by atoms with van der Waals surface area (Å²) in [7, 11) is -0.724. The van der Waals surface area contributed by atoms with E-state index >= 15 is 0 Å². The van der Waals surface area contributed by atoms with E-state index in [4.69, 9.17) is 14.2 Å². The van der Waals surface area contributed by atoms with Gasteiger partial charge in [-0.25, -0.2) is 13.1 Å². The first kappa shape index (κ1) is 20.2. The zero-order valence-corrected chi connectivity index (χ0v) is 16.4. The molecule has 2 aromatic rings. The number of ether oxygens (including phenoxy) is 3. The smallest absolute Gasteiger partial charge is 0.241 e. The minimum Gasteiger partial charge on any atom is -0.493 e. The highest BCUT2D eigenvalue weighted by atomic mass is 32.2. The Kier molecular flexibility index (Phi) is 7.02. The molecule has 0 fully saturated rings. The summed E-state index contributed by atoms with van der Waals surface area (Å²) < 4.78 is 44.1. The van der Waals surface area contributed by atoms with Crippen molar-refractivity contribution in [1.29, 1.82) is 0 Å². The summed E-state index contributed by atoms with van der Waals surface area (Å²) in [6.45, 7) is 4.87. The fraction of sp³-hybridized carbons (Fsp3) is 0.368. The Labute approximate surface area is 155 Å². The molecule has 7 heteroatoms. The molecule has 26 heavy (non-hydrogen) atoms. The van der Waals surface area contributed by atoms with E-state index in [-0.39, 0.29) is 11.4 Å². The lowest BCUT2D eigenvalue weighted by Gasteiger charge is -2.15. The standard InChI is InChI=1S/C19H25NO5S/c1-5-25-13-16-9-7-6-8-15(16)12-20-26(21,22)19-11-18(24-4)17(23-3)10-14(19)2/h6-11,20H,5,12-13H2,1-4H3. The molecule has 0 aromatic heterocycles. The van der Waals surface area contributed by atoms with Gasteiger partial charge in [-0.1, -0.05) is 24.3 Å². The van der Waals surface area contributed by atoms with Crippen LogP contribution in [0.15, 0.2) is 41.3 Å². The summed E-state index contributed by atoms with van der Waals surface area (Å²) >= 11 is 0. The summed E-state index contributed by atoms with van der Waals surface area (Å²) in [5.41, 5.74) is 2.42. The second kappa shape index (κ2) is 9.02. The third-order valence-electron chi connectivity index (χ3n) is 4.00. The summed E-state index contributed by atoms with van der Waals surface area (Å²) in [5, 5.41) is 0. The van der Waals surface area contributed by atoms with E-state index in [1.54, 1.807) is 13.0 Å². The van der Waals surface area contributed by atoms with E-state index in [9.17, 15) is 8.42 Å². The van der Waals surface area contributed by atoms with Gasteiger partial charge in [0.15, 0.2) is 11.5 Å². The normalized spacial score (nSPS) is 11.4. The molecule has 0 aliphatic heterocycles. The summed E-state index contributed by atoms with van der Waals surface area (Å²) in [6, 6.07) is 10.7. The Morgan fingerprint density at radius 1 is 1.00 bits per heavy atom. The largest absolute Gasteiger partial charge is 0.493 e. The average molecular weight is 379 g/mol. The van der Waals surface area contributed by atoms with Crippen molar-refractivity contribution in [2.75, 3.05) is 20.8 Å². The number of aryl methyl sites for hydroxylation is 1. The Bertz CT molecular complexity index is 849. The van der Waals surface area contributed by atoms with Crippen LogP contribution >= 0.6 is 0 Å². The molecule has 2 aromatic carbocycles. The first-order valence-corrected chi connectivity index (χ1v) is 9.78. The molecule has 0 amide bonds. The minimum absolute atomic E-state index is 0.164. The SMILES string of the molecule is CCOCc1ccccc1CNS(=O)(=O)c1cc(OC)c(OC)cc1C. The first-order chi connectivity index (χ1) is 12.4. The van der Waals surface area contributed by atoms with Gasteiger partial charge < -0.3 is 14.2 Å². The highest BCUT2D eigenvalue weighted by Gasteiger charge is 2.20. The maximum atomic E-state index is 12.8. The van der Waals surface area contributed by atoms with Crippen molar-refractivity contribution < 1.29 is 22.6 Å². The molecule has 0 aliphatic rings. The molecule has 2 rings (SSSR count). The van der Waals surface area contributed by atoms with Gasteiger partial charge in [-0.05, 0) is 36.6 Å². The third-order valence-corrected chi connectivity index (χ3v) is 5.55. The number of sulfonamides is 1. The van der Waals surface area contributed by atoms with Crippen molar-refractivity contribution in [2.45, 2.75) is 31.9 Å². The predicted molar refractivity (Wildman–Crippen MR) is 100 cm³/mol. The quantitative estimate of drug-likeness (QED) is 0.725. The Balaban J connectivity index is 2.25. The second-order valence-electron chi connectivity index (χ2n) is 5.70. The van der Waals surface area contributed by atoms with Gasteiger partial charge in [0.1, 0.15) is 0 Å². The fourth-order valence-corrected chi connectivity index (χ4v) is 3.83. The lowest BCUT2D eigenvalue weighted by molar-refractivity contribution is 0.133. The number of methoxy groups -OCH3 is 2. The Morgan fingerprint density at radius 3 is 2.23 bits per heavy atom. The van der Waals surface area contributed by atoms with Crippen molar-refractivity contribution in [3.05, 3.63) is 53.1 Å². The van der Waals surface area contributed by atoms with E-state index in [0.29, 0.717) is 30.3 Å². The van der Waals surface area contributed by atoms with Gasteiger partial charge in [-0.15, -0.1) is 0 Å². The zero-order valence-electron chi connectivity index (χ0n) is 15.5. The molecule has 0 spiro atoms. The number of benzene rings is 2. The molecule has 1 N–H and O–H groups in total. The van der Waals surface area contributed by atoms with Crippen LogP contribution in [0.4, 0.5) is 0 Å². The highest BCUT2D eigenvalue weighted by molar-refractivity contribution is 7.89. The number of rotatable bonds is 9. The van der Waals surface area contributed by atoms with Crippen molar-refractivity contribution in [1.82, 2.24) is 4.72 Å². The van der Waals surface area contributed by atoms with Gasteiger partial charge in [0.25, 0.3) is 0 Å². The lowest BCUT2D eigenvalue weighted by Crippen LogP contribution is -2.24. The van der Waals surface area contributed by atoms with Crippen LogP contribution in [0.1, 0.15) is 23.6 Å². The van der Waals surface area contributed by atoms with Crippen LogP contribution in [0.5, 0.6) is 11.5 Å². The summed E-state index contributed by atoms with van der Waals surface area (Å²) in [4.78, 5) is 0.164. The topological polar surface area (TPSA) is 73.9 Å². The van der Waals surface area contributed by atoms with Crippen LogP contribution in [-0.2, 0) is 27.9 Å². The summed E-state index contributed by atoms with van der Waals surface area (Å²) in [6.07, 6.45) is 0. The minimum atomic E-state index is -3.71. The molecule has 0 unspecified atom stereocenters.